The van der Waals surface area contributed by atoms with Gasteiger partial charge < -0.3 is 14.3 Å². The molecule has 0 radical (unpaired) electrons. The van der Waals surface area contributed by atoms with Gasteiger partial charge in [0.05, 0.1) is 13.2 Å². The highest BCUT2D eigenvalue weighted by molar-refractivity contribution is 7.09. The maximum absolute atomic E-state index is 11.1. The number of hydrogen-bond donors (Lipinski definition) is 1. The summed E-state index contributed by atoms with van der Waals surface area (Å²) >= 11 is 1.76. The molecule has 0 saturated heterocycles. The predicted molar refractivity (Wildman–Crippen MR) is 103 cm³/mol. The molecule has 0 amide bonds. The van der Waals surface area contributed by atoms with Crippen LogP contribution in [0.1, 0.15) is 44.1 Å². The first-order valence-corrected chi connectivity index (χ1v) is 9.81. The zero-order valence-electron chi connectivity index (χ0n) is 16.0. The number of thiophene rings is 1. The number of furan rings is 1. The minimum atomic E-state index is -0.941. The van der Waals surface area contributed by atoms with Gasteiger partial charge in [-0.25, -0.2) is 0 Å². The van der Waals surface area contributed by atoms with Crippen molar-refractivity contribution in [1.82, 2.24) is 4.90 Å². The van der Waals surface area contributed by atoms with E-state index in [-0.39, 0.29) is 11.8 Å². The van der Waals surface area contributed by atoms with E-state index < -0.39 is 5.60 Å². The number of hydrogen-bond acceptors (Lipinski definition) is 5. The van der Waals surface area contributed by atoms with Crippen LogP contribution in [0.25, 0.3) is 0 Å². The van der Waals surface area contributed by atoms with Gasteiger partial charge in [0.1, 0.15) is 17.1 Å². The minimum Gasteiger partial charge on any atom is -0.462 e. The maximum atomic E-state index is 11.1. The van der Waals surface area contributed by atoms with Crippen molar-refractivity contribution in [1.29, 1.82) is 0 Å². The van der Waals surface area contributed by atoms with Crippen molar-refractivity contribution in [2.75, 3.05) is 20.3 Å². The Labute approximate surface area is 155 Å². The van der Waals surface area contributed by atoms with Crippen LogP contribution >= 0.6 is 11.3 Å². The molecule has 2 aromatic rings. The monoisotopic (exact) mass is 365 g/mol. The Hall–Kier alpha value is -1.14. The number of aliphatic hydroxyl groups is 1. The molecule has 2 aromatic heterocycles. The van der Waals surface area contributed by atoms with Crippen LogP contribution in [0.5, 0.6) is 0 Å². The Balaban J connectivity index is 2.13. The Morgan fingerprint density at radius 1 is 1.16 bits per heavy atom. The standard InChI is InChI=1S/C20H31NO3S/c1-15(2)20(22,16(3)4)19-9-8-17(24-19)13-21(10-11-23-5)14-18-7-6-12-25-18/h6-9,12,15-16,22H,10-11,13-14H2,1-5H3. The van der Waals surface area contributed by atoms with Gasteiger partial charge in [-0.05, 0) is 35.4 Å². The highest BCUT2D eigenvalue weighted by Crippen LogP contribution is 2.37. The fourth-order valence-corrected chi connectivity index (χ4v) is 3.94. The van der Waals surface area contributed by atoms with Crippen LogP contribution in [0.3, 0.4) is 0 Å². The molecule has 0 aliphatic rings. The van der Waals surface area contributed by atoms with Gasteiger partial charge in [0.25, 0.3) is 0 Å². The lowest BCUT2D eigenvalue weighted by Gasteiger charge is -2.34. The zero-order valence-corrected chi connectivity index (χ0v) is 16.8. The SMILES string of the molecule is COCCN(Cc1ccc(C(O)(C(C)C)C(C)C)o1)Cc1cccs1. The average Bonchev–Trinajstić information content (AvgIpc) is 3.23. The van der Waals surface area contributed by atoms with E-state index in [9.17, 15) is 5.11 Å². The van der Waals surface area contributed by atoms with Crippen molar-refractivity contribution >= 4 is 11.3 Å². The lowest BCUT2D eigenvalue weighted by molar-refractivity contribution is -0.0712. The largest absolute Gasteiger partial charge is 0.462 e. The van der Waals surface area contributed by atoms with Gasteiger partial charge in [0.15, 0.2) is 0 Å². The van der Waals surface area contributed by atoms with Crippen molar-refractivity contribution in [2.24, 2.45) is 11.8 Å². The highest BCUT2D eigenvalue weighted by Gasteiger charge is 2.39. The molecular weight excluding hydrogens is 334 g/mol. The van der Waals surface area contributed by atoms with Crippen molar-refractivity contribution < 1.29 is 14.3 Å². The molecule has 0 unspecified atom stereocenters. The first kappa shape index (κ1) is 20.2. The Kier molecular flexibility index (Phi) is 7.25. The number of ether oxygens (including phenoxy) is 1. The molecule has 2 rings (SSSR count). The van der Waals surface area contributed by atoms with E-state index in [1.165, 1.54) is 4.88 Å². The van der Waals surface area contributed by atoms with Crippen LogP contribution in [-0.2, 0) is 23.4 Å². The van der Waals surface area contributed by atoms with E-state index in [0.29, 0.717) is 18.9 Å². The van der Waals surface area contributed by atoms with Gasteiger partial charge in [-0.3, -0.25) is 4.90 Å². The molecule has 140 valence electrons. The van der Waals surface area contributed by atoms with E-state index >= 15 is 0 Å². The van der Waals surface area contributed by atoms with Gasteiger partial charge in [0.2, 0.25) is 0 Å². The topological polar surface area (TPSA) is 45.8 Å². The predicted octanol–water partition coefficient (Wildman–Crippen LogP) is 4.49. The molecule has 2 heterocycles. The molecule has 0 fully saturated rings. The van der Waals surface area contributed by atoms with Gasteiger partial charge in [0, 0.05) is 25.1 Å². The third kappa shape index (κ3) is 4.94. The highest BCUT2D eigenvalue weighted by atomic mass is 32.1. The zero-order chi connectivity index (χ0) is 18.4. The van der Waals surface area contributed by atoms with Crippen LogP contribution in [-0.4, -0.2) is 30.3 Å². The molecule has 0 saturated carbocycles. The van der Waals surface area contributed by atoms with Gasteiger partial charge in [-0.1, -0.05) is 33.8 Å². The summed E-state index contributed by atoms with van der Waals surface area (Å²) in [5.74, 6) is 1.71. The smallest absolute Gasteiger partial charge is 0.136 e. The second-order valence-electron chi connectivity index (χ2n) is 7.18. The first-order chi connectivity index (χ1) is 11.9. The summed E-state index contributed by atoms with van der Waals surface area (Å²) in [6, 6.07) is 8.13. The summed E-state index contributed by atoms with van der Waals surface area (Å²) in [7, 11) is 1.72. The molecule has 25 heavy (non-hydrogen) atoms. The van der Waals surface area contributed by atoms with Crippen LogP contribution < -0.4 is 0 Å². The Morgan fingerprint density at radius 3 is 2.44 bits per heavy atom. The Bertz CT molecular complexity index is 611. The summed E-state index contributed by atoms with van der Waals surface area (Å²) in [5, 5.41) is 13.2. The van der Waals surface area contributed by atoms with Crippen molar-refractivity contribution in [2.45, 2.75) is 46.4 Å². The number of methoxy groups -OCH3 is 1. The van der Waals surface area contributed by atoms with Crippen molar-refractivity contribution in [3.05, 3.63) is 46.0 Å². The molecule has 1 N–H and O–H groups in total. The number of nitrogens with zero attached hydrogens (tertiary/aromatic N) is 1. The molecule has 0 atom stereocenters. The molecule has 0 bridgehead atoms. The molecule has 5 heteroatoms. The maximum Gasteiger partial charge on any atom is 0.136 e. The van der Waals surface area contributed by atoms with Gasteiger partial charge in [-0.15, -0.1) is 11.3 Å². The fraction of sp³-hybridized carbons (Fsp3) is 0.600. The lowest BCUT2D eigenvalue weighted by Crippen LogP contribution is -2.37. The summed E-state index contributed by atoms with van der Waals surface area (Å²) in [5.41, 5.74) is -0.941. The second kappa shape index (κ2) is 8.99. The fourth-order valence-electron chi connectivity index (χ4n) is 3.19. The van der Waals surface area contributed by atoms with Crippen molar-refractivity contribution in [3.8, 4) is 0 Å². The van der Waals surface area contributed by atoms with Gasteiger partial charge in [-0.2, -0.15) is 0 Å². The quantitative estimate of drug-likeness (QED) is 0.674. The van der Waals surface area contributed by atoms with E-state index in [0.717, 1.165) is 18.8 Å². The molecule has 0 aliphatic heterocycles. The molecule has 4 nitrogen and oxygen atoms in total. The molecular formula is C20H31NO3S. The summed E-state index contributed by atoms with van der Waals surface area (Å²) in [6.45, 7) is 11.2. The van der Waals surface area contributed by atoms with E-state index in [4.69, 9.17) is 9.15 Å². The van der Waals surface area contributed by atoms with E-state index in [1.807, 2.05) is 39.8 Å². The molecule has 0 spiro atoms. The lowest BCUT2D eigenvalue weighted by atomic mass is 9.78. The molecule has 0 aliphatic carbocycles. The summed E-state index contributed by atoms with van der Waals surface area (Å²) in [6.07, 6.45) is 0. The molecule has 0 aromatic carbocycles. The van der Waals surface area contributed by atoms with E-state index in [1.54, 1.807) is 18.4 Å². The van der Waals surface area contributed by atoms with E-state index in [2.05, 4.69) is 22.4 Å². The van der Waals surface area contributed by atoms with Crippen LogP contribution in [0.4, 0.5) is 0 Å². The first-order valence-electron chi connectivity index (χ1n) is 8.93. The average molecular weight is 366 g/mol. The Morgan fingerprint density at radius 2 is 1.88 bits per heavy atom. The van der Waals surface area contributed by atoms with Gasteiger partial charge >= 0.3 is 0 Å². The summed E-state index contributed by atoms with van der Waals surface area (Å²) < 4.78 is 11.3. The van der Waals surface area contributed by atoms with Crippen LogP contribution in [0.2, 0.25) is 0 Å². The van der Waals surface area contributed by atoms with Crippen LogP contribution in [0.15, 0.2) is 34.1 Å². The van der Waals surface area contributed by atoms with Crippen LogP contribution in [0, 0.1) is 11.8 Å². The van der Waals surface area contributed by atoms with Crippen molar-refractivity contribution in [3.63, 3.8) is 0 Å². The normalized spacial score (nSPS) is 12.7. The second-order valence-corrected chi connectivity index (χ2v) is 8.22. The minimum absolute atomic E-state index is 0.0854. The third-order valence-electron chi connectivity index (χ3n) is 4.77. The summed E-state index contributed by atoms with van der Waals surface area (Å²) in [4.78, 5) is 3.63. The number of rotatable bonds is 10. The third-order valence-corrected chi connectivity index (χ3v) is 5.63.